The third-order valence-corrected chi connectivity index (χ3v) is 5.25. The number of thioether (sulfide) groups is 1. The zero-order valence-electron chi connectivity index (χ0n) is 11.3. The molecule has 3 rings (SSSR count). The summed E-state index contributed by atoms with van der Waals surface area (Å²) in [5.41, 5.74) is 0.791. The van der Waals surface area contributed by atoms with Crippen LogP contribution in [0.2, 0.25) is 0 Å². The minimum absolute atomic E-state index is 0.256. The summed E-state index contributed by atoms with van der Waals surface area (Å²) >= 11 is 3.30. The average molecular weight is 308 g/mol. The topological polar surface area (TPSA) is 51.1 Å². The van der Waals surface area contributed by atoms with Crippen LogP contribution in [0.15, 0.2) is 23.3 Å². The SMILES string of the molecule is C=CCOC1CCN(c2ncnc3nc(SC)sc23)C1. The summed E-state index contributed by atoms with van der Waals surface area (Å²) in [6.07, 6.45) is 6.69. The van der Waals surface area contributed by atoms with Gasteiger partial charge in [0, 0.05) is 13.1 Å². The van der Waals surface area contributed by atoms with Crippen molar-refractivity contribution in [1.82, 2.24) is 15.0 Å². The van der Waals surface area contributed by atoms with E-state index in [0.29, 0.717) is 6.61 Å². The first-order valence-corrected chi connectivity index (χ1v) is 8.49. The minimum Gasteiger partial charge on any atom is -0.372 e. The molecule has 0 spiro atoms. The Labute approximate surface area is 126 Å². The van der Waals surface area contributed by atoms with E-state index in [1.165, 1.54) is 0 Å². The average Bonchev–Trinajstić information content (AvgIpc) is 3.10. The van der Waals surface area contributed by atoms with E-state index in [-0.39, 0.29) is 6.10 Å². The molecule has 0 amide bonds. The maximum Gasteiger partial charge on any atom is 0.176 e. The van der Waals surface area contributed by atoms with Gasteiger partial charge in [-0.2, -0.15) is 0 Å². The van der Waals surface area contributed by atoms with Crippen LogP contribution in [-0.2, 0) is 4.74 Å². The summed E-state index contributed by atoms with van der Waals surface area (Å²) in [5.74, 6) is 0.984. The quantitative estimate of drug-likeness (QED) is 0.625. The van der Waals surface area contributed by atoms with Gasteiger partial charge in [0.25, 0.3) is 0 Å². The molecule has 1 aliphatic heterocycles. The van der Waals surface area contributed by atoms with Crippen molar-refractivity contribution in [2.24, 2.45) is 0 Å². The minimum atomic E-state index is 0.256. The van der Waals surface area contributed by atoms with E-state index in [9.17, 15) is 0 Å². The normalized spacial score (nSPS) is 18.9. The Morgan fingerprint density at radius 1 is 1.60 bits per heavy atom. The summed E-state index contributed by atoms with van der Waals surface area (Å²) in [5, 5.41) is 0. The first-order valence-electron chi connectivity index (χ1n) is 6.44. The summed E-state index contributed by atoms with van der Waals surface area (Å²) in [6, 6.07) is 0. The summed E-state index contributed by atoms with van der Waals surface area (Å²) < 4.78 is 7.82. The summed E-state index contributed by atoms with van der Waals surface area (Å²) in [4.78, 5) is 15.5. The van der Waals surface area contributed by atoms with Crippen molar-refractivity contribution in [2.75, 3.05) is 30.9 Å². The van der Waals surface area contributed by atoms with Gasteiger partial charge in [-0.25, -0.2) is 15.0 Å². The van der Waals surface area contributed by atoms with Crippen molar-refractivity contribution in [1.29, 1.82) is 0 Å². The Balaban J connectivity index is 1.83. The van der Waals surface area contributed by atoms with Gasteiger partial charge in [-0.3, -0.25) is 0 Å². The lowest BCUT2D eigenvalue weighted by molar-refractivity contribution is 0.0909. The molecule has 20 heavy (non-hydrogen) atoms. The molecule has 1 unspecified atom stereocenters. The molecule has 1 saturated heterocycles. The van der Waals surface area contributed by atoms with Gasteiger partial charge >= 0.3 is 0 Å². The Kier molecular flexibility index (Phi) is 4.18. The van der Waals surface area contributed by atoms with Gasteiger partial charge in [-0.15, -0.1) is 17.9 Å². The number of rotatable bonds is 5. The van der Waals surface area contributed by atoms with E-state index in [1.807, 2.05) is 6.26 Å². The molecular formula is C13H16N4OS2. The van der Waals surface area contributed by atoms with Gasteiger partial charge < -0.3 is 9.64 Å². The number of fused-ring (bicyclic) bond motifs is 1. The number of nitrogens with zero attached hydrogens (tertiary/aromatic N) is 4. The number of aromatic nitrogens is 3. The monoisotopic (exact) mass is 308 g/mol. The van der Waals surface area contributed by atoms with Crippen LogP contribution in [0.25, 0.3) is 10.3 Å². The molecular weight excluding hydrogens is 292 g/mol. The van der Waals surface area contributed by atoms with Gasteiger partial charge in [0.1, 0.15) is 11.0 Å². The van der Waals surface area contributed by atoms with Crippen LogP contribution >= 0.6 is 23.1 Å². The highest BCUT2D eigenvalue weighted by Crippen LogP contribution is 2.34. The van der Waals surface area contributed by atoms with Crippen molar-refractivity contribution in [3.63, 3.8) is 0 Å². The summed E-state index contributed by atoms with van der Waals surface area (Å²) in [6.45, 7) is 6.12. The number of anilines is 1. The number of thiazole rings is 1. The van der Waals surface area contributed by atoms with Crippen LogP contribution in [0, 0.1) is 0 Å². The molecule has 0 saturated carbocycles. The van der Waals surface area contributed by atoms with Crippen LogP contribution in [-0.4, -0.2) is 47.0 Å². The number of ether oxygens (including phenoxy) is 1. The first-order chi connectivity index (χ1) is 9.81. The third kappa shape index (κ3) is 2.65. The van der Waals surface area contributed by atoms with Crippen LogP contribution in [0.1, 0.15) is 6.42 Å². The van der Waals surface area contributed by atoms with Gasteiger partial charge in [0.2, 0.25) is 0 Å². The second-order valence-corrected chi connectivity index (χ2v) is 6.57. The van der Waals surface area contributed by atoms with E-state index in [2.05, 4.69) is 26.4 Å². The van der Waals surface area contributed by atoms with Crippen molar-refractivity contribution < 1.29 is 4.74 Å². The first kappa shape index (κ1) is 13.8. The molecule has 1 fully saturated rings. The lowest BCUT2D eigenvalue weighted by Crippen LogP contribution is -2.23. The van der Waals surface area contributed by atoms with Crippen LogP contribution in [0.3, 0.4) is 0 Å². The fourth-order valence-corrected chi connectivity index (χ4v) is 3.83. The van der Waals surface area contributed by atoms with Crippen molar-refractivity contribution in [3.8, 4) is 0 Å². The molecule has 2 aromatic rings. The van der Waals surface area contributed by atoms with Crippen molar-refractivity contribution in [2.45, 2.75) is 16.9 Å². The highest BCUT2D eigenvalue weighted by atomic mass is 32.2. The predicted molar refractivity (Wildman–Crippen MR) is 83.8 cm³/mol. The smallest absolute Gasteiger partial charge is 0.176 e. The van der Waals surface area contributed by atoms with Gasteiger partial charge in [0.15, 0.2) is 15.8 Å². The molecule has 7 heteroatoms. The van der Waals surface area contributed by atoms with Crippen molar-refractivity contribution >= 4 is 39.3 Å². The van der Waals surface area contributed by atoms with E-state index in [1.54, 1.807) is 35.5 Å². The molecule has 0 bridgehead atoms. The highest BCUT2D eigenvalue weighted by Gasteiger charge is 2.26. The maximum absolute atomic E-state index is 5.72. The van der Waals surface area contributed by atoms with Gasteiger partial charge in [-0.05, 0) is 12.7 Å². The lowest BCUT2D eigenvalue weighted by Gasteiger charge is -2.17. The molecule has 2 aromatic heterocycles. The standard InChI is InChI=1S/C13H16N4OS2/c1-3-6-18-9-4-5-17(7-9)12-10-11(14-8-15-12)16-13(19-2)20-10/h3,8-9H,1,4-7H2,2H3. The number of hydrogen-bond acceptors (Lipinski definition) is 7. The third-order valence-electron chi connectivity index (χ3n) is 3.22. The van der Waals surface area contributed by atoms with Gasteiger partial charge in [0.05, 0.1) is 12.7 Å². The largest absolute Gasteiger partial charge is 0.372 e. The molecule has 0 radical (unpaired) electrons. The molecule has 0 aliphatic carbocycles. The van der Waals surface area contributed by atoms with Gasteiger partial charge in [-0.1, -0.05) is 17.8 Å². The molecule has 0 aromatic carbocycles. The Hall–Kier alpha value is -1.18. The molecule has 0 N–H and O–H groups in total. The number of hydrogen-bond donors (Lipinski definition) is 0. The van der Waals surface area contributed by atoms with E-state index in [4.69, 9.17) is 4.74 Å². The van der Waals surface area contributed by atoms with Crippen LogP contribution in [0.5, 0.6) is 0 Å². The molecule has 1 aliphatic rings. The van der Waals surface area contributed by atoms with Crippen LogP contribution in [0.4, 0.5) is 5.82 Å². The zero-order valence-corrected chi connectivity index (χ0v) is 12.9. The van der Waals surface area contributed by atoms with E-state index < -0.39 is 0 Å². The second-order valence-electron chi connectivity index (χ2n) is 4.51. The zero-order chi connectivity index (χ0) is 13.9. The predicted octanol–water partition coefficient (Wildman–Crippen LogP) is 2.59. The summed E-state index contributed by atoms with van der Waals surface area (Å²) in [7, 11) is 0. The fraction of sp³-hybridized carbons (Fsp3) is 0.462. The maximum atomic E-state index is 5.72. The Bertz CT molecular complexity index is 615. The fourth-order valence-electron chi connectivity index (χ4n) is 2.30. The molecule has 1 atom stereocenters. The lowest BCUT2D eigenvalue weighted by atomic mass is 10.3. The Morgan fingerprint density at radius 3 is 3.30 bits per heavy atom. The van der Waals surface area contributed by atoms with E-state index in [0.717, 1.165) is 40.0 Å². The van der Waals surface area contributed by atoms with Crippen LogP contribution < -0.4 is 4.90 Å². The highest BCUT2D eigenvalue weighted by molar-refractivity contribution is 8.00. The molecule has 106 valence electrons. The molecule has 3 heterocycles. The second kappa shape index (κ2) is 6.07. The van der Waals surface area contributed by atoms with Crippen molar-refractivity contribution in [3.05, 3.63) is 19.0 Å². The van der Waals surface area contributed by atoms with E-state index >= 15 is 0 Å². The molecule has 5 nitrogen and oxygen atoms in total. The Morgan fingerprint density at radius 2 is 2.50 bits per heavy atom.